The highest BCUT2D eigenvalue weighted by atomic mass is 16.2. The summed E-state index contributed by atoms with van der Waals surface area (Å²) < 4.78 is 0. The molecule has 4 heteroatoms. The van der Waals surface area contributed by atoms with Gasteiger partial charge in [-0.05, 0) is 69.2 Å². The van der Waals surface area contributed by atoms with Crippen molar-refractivity contribution in [3.63, 3.8) is 0 Å². The molecule has 132 valence electrons. The first-order chi connectivity index (χ1) is 11.6. The zero-order valence-electron chi connectivity index (χ0n) is 15.1. The average molecular weight is 329 g/mol. The largest absolute Gasteiger partial charge is 0.338 e. The molecule has 0 radical (unpaired) electrons. The summed E-state index contributed by atoms with van der Waals surface area (Å²) in [6, 6.07) is 8.93. The fraction of sp³-hybridized carbons (Fsp3) is 0.650. The molecule has 4 nitrogen and oxygen atoms in total. The van der Waals surface area contributed by atoms with Crippen LogP contribution in [-0.4, -0.2) is 43.7 Å². The zero-order valence-corrected chi connectivity index (χ0v) is 15.1. The molecular weight excluding hydrogens is 298 g/mol. The molecule has 2 fully saturated rings. The van der Waals surface area contributed by atoms with Gasteiger partial charge in [-0.25, -0.2) is 4.79 Å². The number of nitrogens with zero attached hydrogens (tertiary/aromatic N) is 1. The predicted octanol–water partition coefficient (Wildman–Crippen LogP) is 3.27. The van der Waals surface area contributed by atoms with Gasteiger partial charge in [-0.15, -0.1) is 0 Å². The Morgan fingerprint density at radius 1 is 1.25 bits per heavy atom. The van der Waals surface area contributed by atoms with E-state index in [1.165, 1.54) is 36.9 Å². The van der Waals surface area contributed by atoms with Crippen molar-refractivity contribution in [3.05, 3.63) is 35.4 Å². The molecule has 1 saturated carbocycles. The number of amides is 2. The average Bonchev–Trinajstić information content (AvgIpc) is 2.74. The lowest BCUT2D eigenvalue weighted by Gasteiger charge is -2.37. The molecule has 1 aromatic rings. The Hall–Kier alpha value is -1.55. The van der Waals surface area contributed by atoms with Gasteiger partial charge in [0.15, 0.2) is 0 Å². The van der Waals surface area contributed by atoms with Crippen LogP contribution in [0, 0.1) is 12.8 Å². The van der Waals surface area contributed by atoms with Crippen LogP contribution in [-0.2, 0) is 0 Å². The first kappa shape index (κ1) is 17.3. The van der Waals surface area contributed by atoms with E-state index in [1.807, 2.05) is 0 Å². The minimum atomic E-state index is 0.00938. The SMILES string of the molecule is Cc1ccccc1C1CC(NC(=O)NC[C@H]2CCCCN(C)C2)C1. The van der Waals surface area contributed by atoms with Crippen molar-refractivity contribution in [1.82, 2.24) is 15.5 Å². The Kier molecular flexibility index (Phi) is 5.77. The molecule has 1 saturated heterocycles. The molecule has 0 unspecified atom stereocenters. The molecule has 0 bridgehead atoms. The first-order valence-electron chi connectivity index (χ1n) is 9.40. The van der Waals surface area contributed by atoms with Crippen molar-refractivity contribution >= 4 is 6.03 Å². The summed E-state index contributed by atoms with van der Waals surface area (Å²) in [6.45, 7) is 5.25. The van der Waals surface area contributed by atoms with E-state index in [1.54, 1.807) is 0 Å². The highest BCUT2D eigenvalue weighted by molar-refractivity contribution is 5.74. The zero-order chi connectivity index (χ0) is 16.9. The minimum absolute atomic E-state index is 0.00938. The van der Waals surface area contributed by atoms with Gasteiger partial charge < -0.3 is 15.5 Å². The summed E-state index contributed by atoms with van der Waals surface area (Å²) >= 11 is 0. The third-order valence-corrected chi connectivity index (χ3v) is 5.62. The number of nitrogens with one attached hydrogen (secondary N) is 2. The van der Waals surface area contributed by atoms with Gasteiger partial charge in [-0.2, -0.15) is 0 Å². The lowest BCUT2D eigenvalue weighted by atomic mass is 9.74. The maximum absolute atomic E-state index is 12.1. The third kappa shape index (κ3) is 4.50. The maximum Gasteiger partial charge on any atom is 0.315 e. The van der Waals surface area contributed by atoms with Crippen LogP contribution in [0.25, 0.3) is 0 Å². The van der Waals surface area contributed by atoms with E-state index in [-0.39, 0.29) is 6.03 Å². The van der Waals surface area contributed by atoms with Crippen LogP contribution in [0.4, 0.5) is 4.79 Å². The van der Waals surface area contributed by atoms with E-state index in [2.05, 4.69) is 53.8 Å². The summed E-state index contributed by atoms with van der Waals surface area (Å²) in [5.41, 5.74) is 2.81. The number of likely N-dealkylation sites (tertiary alicyclic amines) is 1. The highest BCUT2D eigenvalue weighted by Gasteiger charge is 2.32. The van der Waals surface area contributed by atoms with Crippen LogP contribution < -0.4 is 10.6 Å². The number of hydrogen-bond donors (Lipinski definition) is 2. The molecule has 1 aromatic carbocycles. The summed E-state index contributed by atoms with van der Waals surface area (Å²) in [5.74, 6) is 1.19. The standard InChI is InChI=1S/C20H31N3O/c1-15-7-3-4-9-19(15)17-11-18(12-17)22-20(24)21-13-16-8-5-6-10-23(2)14-16/h3-4,7,9,16-18H,5-6,8,10-14H2,1-2H3,(H2,21,22,24)/t16-,17?,18?/m1/s1. The van der Waals surface area contributed by atoms with Crippen LogP contribution in [0.5, 0.6) is 0 Å². The summed E-state index contributed by atoms with van der Waals surface area (Å²) in [4.78, 5) is 14.5. The van der Waals surface area contributed by atoms with Gasteiger partial charge >= 0.3 is 6.03 Å². The second-order valence-electron chi connectivity index (χ2n) is 7.70. The lowest BCUT2D eigenvalue weighted by molar-refractivity contribution is 0.218. The summed E-state index contributed by atoms with van der Waals surface area (Å²) in [5, 5.41) is 6.23. The number of hydrogen-bond acceptors (Lipinski definition) is 2. The molecule has 1 aliphatic carbocycles. The number of carbonyl (C=O) groups is 1. The van der Waals surface area contributed by atoms with Gasteiger partial charge in [0, 0.05) is 19.1 Å². The number of aryl methyl sites for hydroxylation is 1. The van der Waals surface area contributed by atoms with Crippen LogP contribution in [0.2, 0.25) is 0 Å². The van der Waals surface area contributed by atoms with Crippen LogP contribution in [0.15, 0.2) is 24.3 Å². The van der Waals surface area contributed by atoms with Crippen LogP contribution >= 0.6 is 0 Å². The van der Waals surface area contributed by atoms with Gasteiger partial charge in [0.2, 0.25) is 0 Å². The molecule has 2 N–H and O–H groups in total. The smallest absolute Gasteiger partial charge is 0.315 e. The van der Waals surface area contributed by atoms with Gasteiger partial charge in [0.05, 0.1) is 0 Å². The normalized spacial score (nSPS) is 27.8. The van der Waals surface area contributed by atoms with E-state index in [0.29, 0.717) is 17.9 Å². The Morgan fingerprint density at radius 2 is 2.04 bits per heavy atom. The maximum atomic E-state index is 12.1. The molecular formula is C20H31N3O. The monoisotopic (exact) mass is 329 g/mol. The van der Waals surface area contributed by atoms with Gasteiger partial charge in [-0.3, -0.25) is 0 Å². The molecule has 1 heterocycles. The minimum Gasteiger partial charge on any atom is -0.338 e. The topological polar surface area (TPSA) is 44.4 Å². The molecule has 1 aliphatic heterocycles. The summed E-state index contributed by atoms with van der Waals surface area (Å²) in [6.07, 6.45) is 5.90. The Bertz CT molecular complexity index is 554. The van der Waals surface area contributed by atoms with Crippen molar-refractivity contribution in [2.75, 3.05) is 26.7 Å². The Morgan fingerprint density at radius 3 is 2.83 bits per heavy atom. The molecule has 0 spiro atoms. The number of urea groups is 1. The quantitative estimate of drug-likeness (QED) is 0.890. The second-order valence-corrected chi connectivity index (χ2v) is 7.70. The van der Waals surface area contributed by atoms with Crippen molar-refractivity contribution in [2.24, 2.45) is 5.92 Å². The van der Waals surface area contributed by atoms with Crippen molar-refractivity contribution in [2.45, 2.75) is 51.0 Å². The van der Waals surface area contributed by atoms with E-state index < -0.39 is 0 Å². The van der Waals surface area contributed by atoms with Crippen molar-refractivity contribution < 1.29 is 4.79 Å². The summed E-state index contributed by atoms with van der Waals surface area (Å²) in [7, 11) is 2.18. The second kappa shape index (κ2) is 8.02. The number of carbonyl (C=O) groups excluding carboxylic acids is 1. The Balaban J connectivity index is 1.37. The fourth-order valence-electron chi connectivity index (χ4n) is 4.11. The third-order valence-electron chi connectivity index (χ3n) is 5.62. The molecule has 24 heavy (non-hydrogen) atoms. The van der Waals surface area contributed by atoms with Crippen LogP contribution in [0.1, 0.15) is 49.1 Å². The molecule has 1 atom stereocenters. The number of rotatable bonds is 4. The Labute approximate surface area is 146 Å². The van der Waals surface area contributed by atoms with E-state index in [9.17, 15) is 4.79 Å². The van der Waals surface area contributed by atoms with E-state index >= 15 is 0 Å². The molecule has 2 aliphatic rings. The number of benzene rings is 1. The predicted molar refractivity (Wildman–Crippen MR) is 98.3 cm³/mol. The molecule has 3 rings (SSSR count). The first-order valence-corrected chi connectivity index (χ1v) is 9.40. The van der Waals surface area contributed by atoms with Gasteiger partial charge in [0.25, 0.3) is 0 Å². The molecule has 0 aromatic heterocycles. The lowest BCUT2D eigenvalue weighted by Crippen LogP contribution is -2.49. The van der Waals surface area contributed by atoms with Crippen LogP contribution in [0.3, 0.4) is 0 Å². The van der Waals surface area contributed by atoms with Crippen molar-refractivity contribution in [3.8, 4) is 0 Å². The van der Waals surface area contributed by atoms with Crippen molar-refractivity contribution in [1.29, 1.82) is 0 Å². The van der Waals surface area contributed by atoms with Gasteiger partial charge in [0.1, 0.15) is 0 Å². The van der Waals surface area contributed by atoms with Gasteiger partial charge in [-0.1, -0.05) is 30.7 Å². The molecule has 2 amide bonds. The van der Waals surface area contributed by atoms with E-state index in [0.717, 1.165) is 25.9 Å². The highest BCUT2D eigenvalue weighted by Crippen LogP contribution is 2.38. The fourth-order valence-corrected chi connectivity index (χ4v) is 4.11. The van der Waals surface area contributed by atoms with E-state index in [4.69, 9.17) is 0 Å².